The summed E-state index contributed by atoms with van der Waals surface area (Å²) in [5.41, 5.74) is 2.06. The van der Waals surface area contributed by atoms with Crippen LogP contribution in [0.3, 0.4) is 0 Å². The van der Waals surface area contributed by atoms with Crippen molar-refractivity contribution < 1.29 is 18.0 Å². The largest absolute Gasteiger partial charge is 0.352 e. The van der Waals surface area contributed by atoms with Crippen molar-refractivity contribution in [1.82, 2.24) is 10.2 Å². The minimum atomic E-state index is -3.80. The highest BCUT2D eigenvalue weighted by Crippen LogP contribution is 2.26. The van der Waals surface area contributed by atoms with Gasteiger partial charge in [0.15, 0.2) is 0 Å². The number of nitrogens with one attached hydrogen (secondary N) is 1. The Hall–Kier alpha value is -2.29. The Bertz CT molecular complexity index is 1230. The lowest BCUT2D eigenvalue weighted by Gasteiger charge is -2.33. The van der Waals surface area contributed by atoms with Crippen LogP contribution in [-0.4, -0.2) is 50.0 Å². The second kappa shape index (κ2) is 13.2. The van der Waals surface area contributed by atoms with E-state index in [0.717, 1.165) is 41.8 Å². The molecule has 2 aromatic carbocycles. The van der Waals surface area contributed by atoms with Crippen LogP contribution in [0.1, 0.15) is 69.9 Å². The van der Waals surface area contributed by atoms with Crippen molar-refractivity contribution in [2.75, 3.05) is 17.1 Å². The fourth-order valence-corrected chi connectivity index (χ4v) is 6.08. The standard InChI is InChI=1S/C28H37Cl2N3O4S/c1-5-26(28(35)31-23-8-6-7-9-23)32(17-21-10-13-22(29)16-25(21)30)27(34)18-33(38(4,36)37)24-14-11-20(12-15-24)19(2)3/h10-16,19,23,26H,5-9,17-18H2,1-4H3,(H,31,35). The zero-order chi connectivity index (χ0) is 28.0. The van der Waals surface area contributed by atoms with Crippen LogP contribution in [0.15, 0.2) is 42.5 Å². The minimum Gasteiger partial charge on any atom is -0.352 e. The molecule has 0 aromatic heterocycles. The van der Waals surface area contributed by atoms with Crippen LogP contribution < -0.4 is 9.62 Å². The molecule has 0 spiro atoms. The van der Waals surface area contributed by atoms with Gasteiger partial charge in [-0.3, -0.25) is 13.9 Å². The zero-order valence-electron chi connectivity index (χ0n) is 22.4. The lowest BCUT2D eigenvalue weighted by atomic mass is 10.0. The maximum atomic E-state index is 13.8. The molecule has 0 saturated heterocycles. The molecule has 2 aromatic rings. The molecule has 0 bridgehead atoms. The highest BCUT2D eigenvalue weighted by molar-refractivity contribution is 7.92. The number of hydrogen-bond donors (Lipinski definition) is 1. The van der Waals surface area contributed by atoms with Crippen LogP contribution in [0.25, 0.3) is 0 Å². The van der Waals surface area contributed by atoms with Crippen LogP contribution in [-0.2, 0) is 26.2 Å². The number of amides is 2. The number of nitrogens with zero attached hydrogens (tertiary/aromatic N) is 2. The second-order valence-corrected chi connectivity index (χ2v) is 12.9. The van der Waals surface area contributed by atoms with Gasteiger partial charge in [0.25, 0.3) is 0 Å². The van der Waals surface area contributed by atoms with Crippen LogP contribution >= 0.6 is 23.2 Å². The van der Waals surface area contributed by atoms with E-state index in [4.69, 9.17) is 23.2 Å². The van der Waals surface area contributed by atoms with Crippen LogP contribution in [0.4, 0.5) is 5.69 Å². The SMILES string of the molecule is CCC(C(=O)NC1CCCC1)N(Cc1ccc(Cl)cc1Cl)C(=O)CN(c1ccc(C(C)C)cc1)S(C)(=O)=O. The average molecular weight is 583 g/mol. The first-order valence-electron chi connectivity index (χ1n) is 13.0. The molecule has 1 unspecified atom stereocenters. The summed E-state index contributed by atoms with van der Waals surface area (Å²) in [5.74, 6) is -0.464. The summed E-state index contributed by atoms with van der Waals surface area (Å²) < 4.78 is 26.7. The Kier molecular flexibility index (Phi) is 10.5. The maximum absolute atomic E-state index is 13.8. The Morgan fingerprint density at radius 2 is 1.68 bits per heavy atom. The third-order valence-corrected chi connectivity index (χ3v) is 8.70. The summed E-state index contributed by atoms with van der Waals surface area (Å²) in [7, 11) is -3.80. The van der Waals surface area contributed by atoms with Gasteiger partial charge in [-0.05, 0) is 60.6 Å². The number of sulfonamides is 1. The van der Waals surface area contributed by atoms with Crippen molar-refractivity contribution in [3.05, 3.63) is 63.6 Å². The molecular weight excluding hydrogens is 545 g/mol. The number of anilines is 1. The molecule has 38 heavy (non-hydrogen) atoms. The van der Waals surface area contributed by atoms with Gasteiger partial charge in [-0.15, -0.1) is 0 Å². The van der Waals surface area contributed by atoms with Gasteiger partial charge in [-0.1, -0.05) is 75.0 Å². The maximum Gasteiger partial charge on any atom is 0.244 e. The van der Waals surface area contributed by atoms with Gasteiger partial charge in [-0.2, -0.15) is 0 Å². The fraction of sp³-hybridized carbons (Fsp3) is 0.500. The van der Waals surface area contributed by atoms with E-state index in [0.29, 0.717) is 27.7 Å². The predicted octanol–water partition coefficient (Wildman–Crippen LogP) is 5.75. The third-order valence-electron chi connectivity index (χ3n) is 6.97. The molecule has 1 aliphatic carbocycles. The normalized spacial score (nSPS) is 14.9. The Balaban J connectivity index is 1.94. The molecule has 3 rings (SSSR count). The van der Waals surface area contributed by atoms with Crippen molar-refractivity contribution in [2.24, 2.45) is 0 Å². The summed E-state index contributed by atoms with van der Waals surface area (Å²) in [6, 6.07) is 11.4. The van der Waals surface area contributed by atoms with E-state index in [2.05, 4.69) is 5.32 Å². The Labute approximate surface area is 236 Å². The molecule has 0 radical (unpaired) electrons. The smallest absolute Gasteiger partial charge is 0.244 e. The molecule has 0 heterocycles. The van der Waals surface area contributed by atoms with Crippen LogP contribution in [0.5, 0.6) is 0 Å². The van der Waals surface area contributed by atoms with E-state index >= 15 is 0 Å². The first kappa shape index (κ1) is 30.3. The van der Waals surface area contributed by atoms with E-state index in [1.165, 1.54) is 4.90 Å². The molecule has 10 heteroatoms. The van der Waals surface area contributed by atoms with E-state index in [9.17, 15) is 18.0 Å². The number of rotatable bonds is 11. The van der Waals surface area contributed by atoms with E-state index in [-0.39, 0.29) is 24.4 Å². The number of benzene rings is 2. The van der Waals surface area contributed by atoms with Gasteiger partial charge in [0.2, 0.25) is 21.8 Å². The third kappa shape index (κ3) is 7.87. The van der Waals surface area contributed by atoms with Crippen LogP contribution in [0.2, 0.25) is 10.0 Å². The van der Waals surface area contributed by atoms with Crippen LogP contribution in [0, 0.1) is 0 Å². The van der Waals surface area contributed by atoms with Gasteiger partial charge in [-0.25, -0.2) is 8.42 Å². The molecule has 7 nitrogen and oxygen atoms in total. The van der Waals surface area contributed by atoms with Crippen molar-refractivity contribution in [3.63, 3.8) is 0 Å². The summed E-state index contributed by atoms with van der Waals surface area (Å²) in [4.78, 5) is 28.6. The lowest BCUT2D eigenvalue weighted by Crippen LogP contribution is -2.53. The molecule has 1 saturated carbocycles. The van der Waals surface area contributed by atoms with Gasteiger partial charge >= 0.3 is 0 Å². The summed E-state index contributed by atoms with van der Waals surface area (Å²) in [5, 5.41) is 3.91. The Morgan fingerprint density at radius 3 is 2.21 bits per heavy atom. The summed E-state index contributed by atoms with van der Waals surface area (Å²) in [6.45, 7) is 5.53. The molecular formula is C28H37Cl2N3O4S. The topological polar surface area (TPSA) is 86.8 Å². The van der Waals surface area contributed by atoms with Gasteiger partial charge in [0.05, 0.1) is 11.9 Å². The van der Waals surface area contributed by atoms with E-state index < -0.39 is 28.5 Å². The highest BCUT2D eigenvalue weighted by Gasteiger charge is 2.33. The molecule has 1 atom stereocenters. The monoisotopic (exact) mass is 581 g/mol. The quantitative estimate of drug-likeness (QED) is 0.366. The highest BCUT2D eigenvalue weighted by atomic mass is 35.5. The number of carbonyl (C=O) groups is 2. The van der Waals surface area contributed by atoms with Gasteiger partial charge < -0.3 is 10.2 Å². The number of carbonyl (C=O) groups excluding carboxylic acids is 2. The minimum absolute atomic E-state index is 0.0370. The molecule has 1 aliphatic rings. The first-order chi connectivity index (χ1) is 17.9. The van der Waals surface area contributed by atoms with E-state index in [1.54, 1.807) is 30.3 Å². The molecule has 208 valence electrons. The predicted molar refractivity (Wildman–Crippen MR) is 154 cm³/mol. The summed E-state index contributed by atoms with van der Waals surface area (Å²) >= 11 is 12.5. The van der Waals surface area contributed by atoms with Crippen molar-refractivity contribution in [3.8, 4) is 0 Å². The number of hydrogen-bond acceptors (Lipinski definition) is 4. The van der Waals surface area contributed by atoms with Crippen molar-refractivity contribution in [1.29, 1.82) is 0 Å². The van der Waals surface area contributed by atoms with Crippen molar-refractivity contribution in [2.45, 2.75) is 77.4 Å². The molecule has 1 fully saturated rings. The van der Waals surface area contributed by atoms with Crippen molar-refractivity contribution >= 4 is 50.7 Å². The zero-order valence-corrected chi connectivity index (χ0v) is 24.7. The number of halogens is 2. The second-order valence-electron chi connectivity index (χ2n) is 10.2. The molecule has 1 N–H and O–H groups in total. The molecule has 0 aliphatic heterocycles. The van der Waals surface area contributed by atoms with E-state index in [1.807, 2.05) is 32.9 Å². The first-order valence-corrected chi connectivity index (χ1v) is 15.6. The summed E-state index contributed by atoms with van der Waals surface area (Å²) in [6.07, 6.45) is 5.37. The average Bonchev–Trinajstić information content (AvgIpc) is 3.36. The lowest BCUT2D eigenvalue weighted by molar-refractivity contribution is -0.140. The fourth-order valence-electron chi connectivity index (χ4n) is 4.76. The Morgan fingerprint density at radius 1 is 1.05 bits per heavy atom. The van der Waals surface area contributed by atoms with Gasteiger partial charge in [0, 0.05) is 22.6 Å². The molecule has 2 amide bonds. The van der Waals surface area contributed by atoms with Gasteiger partial charge in [0.1, 0.15) is 12.6 Å².